The van der Waals surface area contributed by atoms with Gasteiger partial charge in [-0.05, 0) is 60.9 Å². The highest BCUT2D eigenvalue weighted by molar-refractivity contribution is 9.10. The Morgan fingerprint density at radius 3 is 2.31 bits per heavy atom. The Balaban J connectivity index is 1.53. The molecule has 2 amide bonds. The molecule has 6 nitrogen and oxygen atoms in total. The predicted octanol–water partition coefficient (Wildman–Crippen LogP) is 4.53. The summed E-state index contributed by atoms with van der Waals surface area (Å²) in [5.41, 5.74) is 8.33. The summed E-state index contributed by atoms with van der Waals surface area (Å²) in [6, 6.07) is 20.8. The molecule has 0 saturated heterocycles. The van der Waals surface area contributed by atoms with Gasteiger partial charge in [0.15, 0.2) is 6.61 Å². The van der Waals surface area contributed by atoms with Crippen molar-refractivity contribution < 1.29 is 19.1 Å². The van der Waals surface area contributed by atoms with Crippen LogP contribution in [0.4, 0.5) is 0 Å². The zero-order valence-corrected chi connectivity index (χ0v) is 19.6. The summed E-state index contributed by atoms with van der Waals surface area (Å²) in [6.45, 7) is 4.11. The summed E-state index contributed by atoms with van der Waals surface area (Å²) in [5.74, 6) is 0.0762. The quantitative estimate of drug-likeness (QED) is 0.449. The van der Waals surface area contributed by atoms with Crippen molar-refractivity contribution in [1.82, 2.24) is 10.9 Å². The first kappa shape index (κ1) is 23.3. The lowest BCUT2D eigenvalue weighted by Crippen LogP contribution is -2.44. The van der Waals surface area contributed by atoms with E-state index in [1.807, 2.05) is 62.4 Å². The lowest BCUT2D eigenvalue weighted by molar-refractivity contribution is -0.123. The van der Waals surface area contributed by atoms with E-state index in [0.29, 0.717) is 30.1 Å². The third-order valence-electron chi connectivity index (χ3n) is 4.56. The van der Waals surface area contributed by atoms with E-state index < -0.39 is 11.8 Å². The number of carbonyl (C=O) groups excluding carboxylic acids is 2. The average molecular weight is 497 g/mol. The summed E-state index contributed by atoms with van der Waals surface area (Å²) < 4.78 is 12.1. The van der Waals surface area contributed by atoms with Gasteiger partial charge >= 0.3 is 0 Å². The minimum absolute atomic E-state index is 0.220. The fourth-order valence-electron chi connectivity index (χ4n) is 3.12. The van der Waals surface area contributed by atoms with Crippen LogP contribution in [0.1, 0.15) is 27.0 Å². The van der Waals surface area contributed by atoms with Crippen LogP contribution in [0, 0.1) is 13.8 Å². The Kier molecular flexibility index (Phi) is 8.27. The minimum atomic E-state index is -0.485. The van der Waals surface area contributed by atoms with Crippen molar-refractivity contribution in [2.24, 2.45) is 0 Å². The zero-order valence-electron chi connectivity index (χ0n) is 18.0. The molecule has 0 aliphatic carbocycles. The van der Waals surface area contributed by atoms with Crippen LogP contribution >= 0.6 is 15.9 Å². The van der Waals surface area contributed by atoms with Crippen LogP contribution in [0.25, 0.3) is 0 Å². The third kappa shape index (κ3) is 7.13. The number of benzene rings is 3. The highest BCUT2D eigenvalue weighted by Gasteiger charge is 2.15. The fourth-order valence-corrected chi connectivity index (χ4v) is 3.49. The van der Waals surface area contributed by atoms with Gasteiger partial charge in [0.1, 0.15) is 11.5 Å². The van der Waals surface area contributed by atoms with Crippen molar-refractivity contribution in [3.8, 4) is 11.5 Å². The Bertz CT molecular complexity index is 1070. The third-order valence-corrected chi connectivity index (χ3v) is 5.05. The van der Waals surface area contributed by atoms with Crippen molar-refractivity contribution in [3.63, 3.8) is 0 Å². The van der Waals surface area contributed by atoms with E-state index in [4.69, 9.17) is 9.47 Å². The van der Waals surface area contributed by atoms with E-state index in [9.17, 15) is 9.59 Å². The van der Waals surface area contributed by atoms with Gasteiger partial charge in [-0.1, -0.05) is 52.3 Å². The second kappa shape index (κ2) is 11.3. The van der Waals surface area contributed by atoms with E-state index in [2.05, 4.69) is 26.8 Å². The molecular formula is C25H25BrN2O4. The van der Waals surface area contributed by atoms with Crippen LogP contribution in [0.15, 0.2) is 71.2 Å². The highest BCUT2D eigenvalue weighted by atomic mass is 79.9. The Labute approximate surface area is 196 Å². The Morgan fingerprint density at radius 1 is 0.875 bits per heavy atom. The van der Waals surface area contributed by atoms with Crippen molar-refractivity contribution in [2.45, 2.75) is 20.3 Å². The van der Waals surface area contributed by atoms with Crippen LogP contribution in [0.2, 0.25) is 0 Å². The van der Waals surface area contributed by atoms with Crippen molar-refractivity contribution in [2.75, 3.05) is 13.2 Å². The topological polar surface area (TPSA) is 76.7 Å². The smallest absolute Gasteiger partial charge is 0.276 e. The number of ether oxygens (including phenoxy) is 2. The molecule has 0 aliphatic heterocycles. The Hall–Kier alpha value is -3.32. The predicted molar refractivity (Wildman–Crippen MR) is 127 cm³/mol. The van der Waals surface area contributed by atoms with Gasteiger partial charge in [-0.15, -0.1) is 0 Å². The fraction of sp³-hybridized carbons (Fsp3) is 0.200. The highest BCUT2D eigenvalue weighted by Crippen LogP contribution is 2.23. The molecule has 0 unspecified atom stereocenters. The average Bonchev–Trinajstić information content (AvgIpc) is 2.77. The first-order valence-electron chi connectivity index (χ1n) is 10.2. The molecule has 0 spiro atoms. The van der Waals surface area contributed by atoms with Crippen molar-refractivity contribution in [3.05, 3.63) is 93.5 Å². The monoisotopic (exact) mass is 496 g/mol. The maximum absolute atomic E-state index is 12.7. The lowest BCUT2D eigenvalue weighted by Gasteiger charge is -2.13. The van der Waals surface area contributed by atoms with Gasteiger partial charge in [0, 0.05) is 10.9 Å². The van der Waals surface area contributed by atoms with Crippen LogP contribution in [-0.2, 0) is 11.2 Å². The zero-order chi connectivity index (χ0) is 22.9. The number of amides is 2. The molecule has 32 heavy (non-hydrogen) atoms. The Morgan fingerprint density at radius 2 is 1.59 bits per heavy atom. The number of carbonyl (C=O) groups is 2. The summed E-state index contributed by atoms with van der Waals surface area (Å²) in [5, 5.41) is 0. The second-order valence-electron chi connectivity index (χ2n) is 7.34. The molecule has 0 atom stereocenters. The lowest BCUT2D eigenvalue weighted by atomic mass is 10.1. The van der Waals surface area contributed by atoms with E-state index in [-0.39, 0.29) is 6.61 Å². The van der Waals surface area contributed by atoms with E-state index in [1.165, 1.54) is 0 Å². The van der Waals surface area contributed by atoms with Crippen LogP contribution in [0.5, 0.6) is 11.5 Å². The molecule has 0 radical (unpaired) electrons. The normalized spacial score (nSPS) is 10.3. The molecule has 0 aromatic heterocycles. The summed E-state index contributed by atoms with van der Waals surface area (Å²) >= 11 is 3.37. The number of hydrogen-bond acceptors (Lipinski definition) is 4. The molecule has 0 fully saturated rings. The van der Waals surface area contributed by atoms with Gasteiger partial charge in [0.2, 0.25) is 0 Å². The molecule has 0 heterocycles. The van der Waals surface area contributed by atoms with Crippen LogP contribution in [0.3, 0.4) is 0 Å². The largest absolute Gasteiger partial charge is 0.492 e. The first-order valence-corrected chi connectivity index (χ1v) is 11.0. The molecule has 3 rings (SSSR count). The standard InChI is InChI=1S/C25H25BrN2O4/c1-17-12-18(2)14-21(13-17)32-16-24(29)27-28-25(30)22-15-20(26)8-9-23(22)31-11-10-19-6-4-3-5-7-19/h3-9,12-15H,10-11,16H2,1-2H3,(H,27,29)(H,28,30). The molecule has 3 aromatic rings. The second-order valence-corrected chi connectivity index (χ2v) is 8.25. The number of rotatable bonds is 8. The van der Waals surface area contributed by atoms with Crippen molar-refractivity contribution >= 4 is 27.7 Å². The van der Waals surface area contributed by atoms with Gasteiger partial charge in [0.25, 0.3) is 11.8 Å². The number of hydrazine groups is 1. The maximum Gasteiger partial charge on any atom is 0.276 e. The van der Waals surface area contributed by atoms with Gasteiger partial charge in [0.05, 0.1) is 12.2 Å². The van der Waals surface area contributed by atoms with E-state index in [0.717, 1.165) is 21.2 Å². The number of nitrogens with one attached hydrogen (secondary N) is 2. The summed E-state index contributed by atoms with van der Waals surface area (Å²) in [6.07, 6.45) is 0.713. The molecule has 3 aromatic carbocycles. The molecule has 7 heteroatoms. The van der Waals surface area contributed by atoms with E-state index in [1.54, 1.807) is 18.2 Å². The molecule has 2 N–H and O–H groups in total. The van der Waals surface area contributed by atoms with Crippen LogP contribution < -0.4 is 20.3 Å². The van der Waals surface area contributed by atoms with Crippen molar-refractivity contribution in [1.29, 1.82) is 0 Å². The van der Waals surface area contributed by atoms with Gasteiger partial charge in [-0.2, -0.15) is 0 Å². The first-order chi connectivity index (χ1) is 15.4. The summed E-state index contributed by atoms with van der Waals surface area (Å²) in [7, 11) is 0. The SMILES string of the molecule is Cc1cc(C)cc(OCC(=O)NNC(=O)c2cc(Br)ccc2OCCc2ccccc2)c1. The number of hydrogen-bond donors (Lipinski definition) is 2. The molecule has 0 aliphatic rings. The molecule has 0 saturated carbocycles. The minimum Gasteiger partial charge on any atom is -0.492 e. The number of aryl methyl sites for hydroxylation is 2. The van der Waals surface area contributed by atoms with E-state index >= 15 is 0 Å². The molecular weight excluding hydrogens is 472 g/mol. The number of halogens is 1. The molecule has 166 valence electrons. The maximum atomic E-state index is 12.7. The van der Waals surface area contributed by atoms with Gasteiger partial charge < -0.3 is 9.47 Å². The molecule has 0 bridgehead atoms. The van der Waals surface area contributed by atoms with Gasteiger partial charge in [-0.25, -0.2) is 0 Å². The van der Waals surface area contributed by atoms with Crippen LogP contribution in [-0.4, -0.2) is 25.0 Å². The summed E-state index contributed by atoms with van der Waals surface area (Å²) in [4.78, 5) is 24.8. The van der Waals surface area contributed by atoms with Gasteiger partial charge in [-0.3, -0.25) is 20.4 Å².